The van der Waals surface area contributed by atoms with Crippen molar-refractivity contribution in [1.29, 1.82) is 0 Å². The maximum absolute atomic E-state index is 10.2. The van der Waals surface area contributed by atoms with Crippen LogP contribution in [0.15, 0.2) is 30.3 Å². The second-order valence-corrected chi connectivity index (χ2v) is 3.03. The second-order valence-electron chi connectivity index (χ2n) is 3.03. The summed E-state index contributed by atoms with van der Waals surface area (Å²) in [7, 11) is 1.63. The predicted molar refractivity (Wildman–Crippen MR) is 60.4 cm³/mol. The molecule has 1 aromatic carbocycles. The van der Waals surface area contributed by atoms with Gasteiger partial charge in [0, 0.05) is 19.0 Å². The summed E-state index contributed by atoms with van der Waals surface area (Å²) in [5.74, 6) is 1.78. The third kappa shape index (κ3) is 2.94. The standard InChI is InChI=1S/C12H15NO2/c1-3-13(15-2)12-9-5-4-7-11(12)8-6-10-14/h4-7,9H,3,8H2,1-2H3. The van der Waals surface area contributed by atoms with Crippen LogP contribution in [0, 0.1) is 0 Å². The molecule has 0 saturated heterocycles. The van der Waals surface area contributed by atoms with Crippen LogP contribution in [0.1, 0.15) is 12.5 Å². The van der Waals surface area contributed by atoms with Crippen molar-refractivity contribution in [3.05, 3.63) is 35.9 Å². The lowest BCUT2D eigenvalue weighted by molar-refractivity contribution is 0.170. The van der Waals surface area contributed by atoms with Crippen molar-refractivity contribution < 1.29 is 9.63 Å². The molecule has 0 fully saturated rings. The molecule has 15 heavy (non-hydrogen) atoms. The van der Waals surface area contributed by atoms with Crippen molar-refractivity contribution in [3.63, 3.8) is 0 Å². The molecule has 1 aromatic rings. The van der Waals surface area contributed by atoms with Crippen LogP contribution in [-0.2, 0) is 16.1 Å². The minimum absolute atomic E-state index is 0.583. The number of para-hydroxylation sites is 1. The molecule has 0 radical (unpaired) electrons. The molecule has 0 aliphatic rings. The van der Waals surface area contributed by atoms with E-state index >= 15 is 0 Å². The van der Waals surface area contributed by atoms with Crippen LogP contribution in [0.3, 0.4) is 0 Å². The van der Waals surface area contributed by atoms with Gasteiger partial charge in [0.15, 0.2) is 0 Å². The Hall–Kier alpha value is -1.57. The molecule has 0 saturated carbocycles. The highest BCUT2D eigenvalue weighted by Gasteiger charge is 2.07. The van der Waals surface area contributed by atoms with Crippen molar-refractivity contribution in [3.8, 4) is 0 Å². The zero-order valence-electron chi connectivity index (χ0n) is 9.06. The molecule has 0 bridgehead atoms. The van der Waals surface area contributed by atoms with E-state index in [9.17, 15) is 4.79 Å². The molecule has 0 unspecified atom stereocenters. The average Bonchev–Trinajstić information content (AvgIpc) is 2.29. The van der Waals surface area contributed by atoms with Crippen molar-refractivity contribution in [2.45, 2.75) is 13.3 Å². The van der Waals surface area contributed by atoms with Gasteiger partial charge in [0.05, 0.1) is 12.8 Å². The Morgan fingerprint density at radius 2 is 2.20 bits per heavy atom. The molecule has 0 atom stereocenters. The van der Waals surface area contributed by atoms with Crippen LogP contribution in [0.25, 0.3) is 0 Å². The van der Waals surface area contributed by atoms with Crippen molar-refractivity contribution >= 4 is 11.6 Å². The number of allylic oxidation sites excluding steroid dienone is 1. The molecule has 0 aliphatic heterocycles. The predicted octanol–water partition coefficient (Wildman–Crippen LogP) is 2.00. The van der Waals surface area contributed by atoms with Gasteiger partial charge in [0.25, 0.3) is 0 Å². The summed E-state index contributed by atoms with van der Waals surface area (Å²) in [5.41, 5.74) is 2.05. The molecule has 80 valence electrons. The number of carbonyl (C=O) groups excluding carboxylic acids is 1. The Morgan fingerprint density at radius 1 is 1.47 bits per heavy atom. The van der Waals surface area contributed by atoms with Gasteiger partial charge in [-0.1, -0.05) is 18.2 Å². The molecule has 1 rings (SSSR count). The molecule has 0 N–H and O–H groups in total. The van der Waals surface area contributed by atoms with Gasteiger partial charge in [-0.2, -0.15) is 0 Å². The van der Waals surface area contributed by atoms with E-state index < -0.39 is 0 Å². The largest absolute Gasteiger partial charge is 0.277 e. The number of hydroxylamine groups is 1. The number of anilines is 1. The van der Waals surface area contributed by atoms with Gasteiger partial charge >= 0.3 is 0 Å². The zero-order valence-corrected chi connectivity index (χ0v) is 9.06. The zero-order chi connectivity index (χ0) is 11.1. The normalized spacial score (nSPS) is 9.47. The quantitative estimate of drug-likeness (QED) is 0.544. The summed E-state index contributed by atoms with van der Waals surface area (Å²) in [6, 6.07) is 7.85. The van der Waals surface area contributed by atoms with E-state index in [4.69, 9.17) is 4.84 Å². The summed E-state index contributed by atoms with van der Waals surface area (Å²) in [5, 5.41) is 1.79. The third-order valence-electron chi connectivity index (χ3n) is 2.17. The first kappa shape index (κ1) is 11.5. The first-order chi connectivity index (χ1) is 7.33. The maximum Gasteiger partial charge on any atom is 0.120 e. The fourth-order valence-corrected chi connectivity index (χ4v) is 1.48. The molecule has 0 aromatic heterocycles. The minimum atomic E-state index is 0.583. The molecule has 3 nitrogen and oxygen atoms in total. The van der Waals surface area contributed by atoms with Crippen LogP contribution >= 0.6 is 0 Å². The highest BCUT2D eigenvalue weighted by Crippen LogP contribution is 2.20. The van der Waals surface area contributed by atoms with E-state index in [0.717, 1.165) is 17.8 Å². The van der Waals surface area contributed by atoms with E-state index in [1.54, 1.807) is 18.1 Å². The van der Waals surface area contributed by atoms with E-state index in [-0.39, 0.29) is 0 Å². The highest BCUT2D eigenvalue weighted by molar-refractivity contribution is 5.55. The highest BCUT2D eigenvalue weighted by atomic mass is 16.7. The molecule has 3 heteroatoms. The Balaban J connectivity index is 2.98. The van der Waals surface area contributed by atoms with Crippen molar-refractivity contribution in [2.24, 2.45) is 0 Å². The molecular formula is C12H15NO2. The van der Waals surface area contributed by atoms with Crippen LogP contribution in [0.4, 0.5) is 5.69 Å². The smallest absolute Gasteiger partial charge is 0.120 e. The fourth-order valence-electron chi connectivity index (χ4n) is 1.48. The molecule has 0 heterocycles. The number of nitrogens with zero attached hydrogens (tertiary/aromatic N) is 1. The van der Waals surface area contributed by atoms with Crippen LogP contribution in [0.2, 0.25) is 0 Å². The number of rotatable bonds is 5. The lowest BCUT2D eigenvalue weighted by Crippen LogP contribution is -2.22. The lowest BCUT2D eigenvalue weighted by Gasteiger charge is -2.22. The average molecular weight is 205 g/mol. The van der Waals surface area contributed by atoms with Gasteiger partial charge in [-0.05, 0) is 18.6 Å². The van der Waals surface area contributed by atoms with Gasteiger partial charge in [0.2, 0.25) is 0 Å². The number of hydrogen-bond acceptors (Lipinski definition) is 3. The number of benzene rings is 1. The van der Waals surface area contributed by atoms with E-state index in [1.165, 1.54) is 6.08 Å². The number of hydrogen-bond donors (Lipinski definition) is 0. The minimum Gasteiger partial charge on any atom is -0.277 e. The Morgan fingerprint density at radius 3 is 2.80 bits per heavy atom. The lowest BCUT2D eigenvalue weighted by atomic mass is 10.1. The van der Waals surface area contributed by atoms with Gasteiger partial charge in [0.1, 0.15) is 5.94 Å². The van der Waals surface area contributed by atoms with E-state index in [2.05, 4.69) is 0 Å². The van der Waals surface area contributed by atoms with Crippen molar-refractivity contribution in [1.82, 2.24) is 0 Å². The molecule has 0 aliphatic carbocycles. The van der Waals surface area contributed by atoms with Gasteiger partial charge in [-0.15, -0.1) is 0 Å². The van der Waals surface area contributed by atoms with Gasteiger partial charge < -0.3 is 0 Å². The summed E-state index contributed by atoms with van der Waals surface area (Å²) >= 11 is 0. The van der Waals surface area contributed by atoms with Crippen LogP contribution < -0.4 is 5.06 Å². The Kier molecular flexibility index (Phi) is 4.61. The first-order valence-electron chi connectivity index (χ1n) is 4.92. The summed E-state index contributed by atoms with van der Waals surface area (Å²) in [6.45, 7) is 2.77. The van der Waals surface area contributed by atoms with E-state index in [0.29, 0.717) is 6.42 Å². The summed E-state index contributed by atoms with van der Waals surface area (Å²) < 4.78 is 0. The second kappa shape index (κ2) is 6.02. The summed E-state index contributed by atoms with van der Waals surface area (Å²) in [4.78, 5) is 15.4. The molecule has 0 amide bonds. The van der Waals surface area contributed by atoms with E-state index in [1.807, 2.05) is 31.2 Å². The topological polar surface area (TPSA) is 29.5 Å². The molecular weight excluding hydrogens is 190 g/mol. The van der Waals surface area contributed by atoms with Crippen LogP contribution in [0.5, 0.6) is 0 Å². The Labute approximate surface area is 89.9 Å². The van der Waals surface area contributed by atoms with Gasteiger partial charge in [-0.25, -0.2) is 4.79 Å². The first-order valence-corrected chi connectivity index (χ1v) is 4.92. The van der Waals surface area contributed by atoms with Crippen LogP contribution in [-0.4, -0.2) is 19.6 Å². The fraction of sp³-hybridized carbons (Fsp3) is 0.333. The maximum atomic E-state index is 10.2. The SMILES string of the molecule is CCN(OC)c1ccccc1CC=C=O. The third-order valence-corrected chi connectivity index (χ3v) is 2.17. The van der Waals surface area contributed by atoms with Crippen molar-refractivity contribution in [2.75, 3.05) is 18.7 Å². The van der Waals surface area contributed by atoms with Gasteiger partial charge in [-0.3, -0.25) is 9.90 Å². The molecule has 0 spiro atoms. The monoisotopic (exact) mass is 205 g/mol. The Bertz CT molecular complexity index is 352. The summed E-state index contributed by atoms with van der Waals surface area (Å²) in [6.07, 6.45) is 2.06.